The first-order chi connectivity index (χ1) is 13.3. The van der Waals surface area contributed by atoms with Gasteiger partial charge in [0, 0.05) is 25.0 Å². The van der Waals surface area contributed by atoms with E-state index in [0.29, 0.717) is 18.8 Å². The van der Waals surface area contributed by atoms with Crippen molar-refractivity contribution in [1.82, 2.24) is 4.90 Å². The first kappa shape index (κ1) is 16.9. The van der Waals surface area contributed by atoms with Crippen LogP contribution in [0, 0.1) is 5.92 Å². The molecular weight excluding hydrogens is 338 g/mol. The molecular formula is C23H27NO3. The lowest BCUT2D eigenvalue weighted by Crippen LogP contribution is -2.34. The van der Waals surface area contributed by atoms with E-state index in [0.717, 1.165) is 36.3 Å². The predicted molar refractivity (Wildman–Crippen MR) is 104 cm³/mol. The monoisotopic (exact) mass is 365 g/mol. The van der Waals surface area contributed by atoms with E-state index < -0.39 is 0 Å². The van der Waals surface area contributed by atoms with Crippen LogP contribution in [0.25, 0.3) is 0 Å². The van der Waals surface area contributed by atoms with Crippen LogP contribution in [0.3, 0.4) is 0 Å². The third kappa shape index (κ3) is 3.16. The van der Waals surface area contributed by atoms with E-state index in [1.54, 1.807) is 7.11 Å². The maximum absolute atomic E-state index is 5.63. The molecule has 2 fully saturated rings. The summed E-state index contributed by atoms with van der Waals surface area (Å²) in [7, 11) is 1.72. The second-order valence-electron chi connectivity index (χ2n) is 8.01. The molecule has 27 heavy (non-hydrogen) atoms. The van der Waals surface area contributed by atoms with E-state index in [1.807, 2.05) is 0 Å². The summed E-state index contributed by atoms with van der Waals surface area (Å²) in [6.07, 6.45) is 5.37. The lowest BCUT2D eigenvalue weighted by molar-refractivity contribution is 0.173. The van der Waals surface area contributed by atoms with Gasteiger partial charge < -0.3 is 14.2 Å². The summed E-state index contributed by atoms with van der Waals surface area (Å²) in [6.45, 7) is 2.49. The third-order valence-electron chi connectivity index (χ3n) is 6.57. The third-order valence-corrected chi connectivity index (χ3v) is 6.57. The Labute approximate surface area is 161 Å². The minimum atomic E-state index is 0.346. The summed E-state index contributed by atoms with van der Waals surface area (Å²) in [5.41, 5.74) is 2.78. The van der Waals surface area contributed by atoms with Crippen LogP contribution in [0.4, 0.5) is 0 Å². The van der Waals surface area contributed by atoms with Crippen molar-refractivity contribution < 1.29 is 14.2 Å². The molecule has 0 aromatic heterocycles. The van der Waals surface area contributed by atoms with Crippen LogP contribution in [0.1, 0.15) is 42.7 Å². The van der Waals surface area contributed by atoms with E-state index in [-0.39, 0.29) is 0 Å². The number of nitrogens with zero attached hydrogens (tertiary/aromatic N) is 1. The average molecular weight is 365 g/mol. The first-order valence-electron chi connectivity index (χ1n) is 10.1. The lowest BCUT2D eigenvalue weighted by atomic mass is 9.77. The molecule has 1 aliphatic carbocycles. The Morgan fingerprint density at radius 3 is 2.67 bits per heavy atom. The molecule has 1 saturated heterocycles. The predicted octanol–water partition coefficient (Wildman–Crippen LogP) is 4.58. The molecule has 5 rings (SSSR count). The summed E-state index contributed by atoms with van der Waals surface area (Å²) >= 11 is 0. The summed E-state index contributed by atoms with van der Waals surface area (Å²) in [6, 6.07) is 15.8. The van der Waals surface area contributed by atoms with Gasteiger partial charge >= 0.3 is 0 Å². The van der Waals surface area contributed by atoms with E-state index in [4.69, 9.17) is 14.2 Å². The van der Waals surface area contributed by atoms with Crippen molar-refractivity contribution in [2.24, 2.45) is 5.92 Å². The Morgan fingerprint density at radius 2 is 1.81 bits per heavy atom. The number of fused-ring (bicyclic) bond motifs is 2. The van der Waals surface area contributed by atoms with Gasteiger partial charge in [-0.1, -0.05) is 31.0 Å². The number of benzene rings is 2. The second kappa shape index (κ2) is 7.08. The van der Waals surface area contributed by atoms with Crippen molar-refractivity contribution in [2.45, 2.75) is 44.2 Å². The van der Waals surface area contributed by atoms with Crippen LogP contribution in [-0.4, -0.2) is 31.4 Å². The smallest absolute Gasteiger partial charge is 0.231 e. The molecule has 3 atom stereocenters. The second-order valence-corrected chi connectivity index (χ2v) is 8.01. The highest BCUT2D eigenvalue weighted by Gasteiger charge is 2.43. The maximum Gasteiger partial charge on any atom is 0.231 e. The molecule has 0 amide bonds. The molecule has 0 radical (unpaired) electrons. The fourth-order valence-electron chi connectivity index (χ4n) is 5.23. The first-order valence-corrected chi connectivity index (χ1v) is 10.1. The Bertz CT molecular complexity index is 804. The molecule has 0 N–H and O–H groups in total. The Kier molecular flexibility index (Phi) is 4.44. The number of rotatable bonds is 4. The topological polar surface area (TPSA) is 30.9 Å². The molecule has 4 heteroatoms. The number of hydrogen-bond acceptors (Lipinski definition) is 4. The zero-order chi connectivity index (χ0) is 18.2. The molecule has 0 bridgehead atoms. The van der Waals surface area contributed by atoms with E-state index in [2.05, 4.69) is 47.4 Å². The van der Waals surface area contributed by atoms with Gasteiger partial charge in [0.2, 0.25) is 6.79 Å². The van der Waals surface area contributed by atoms with Crippen LogP contribution in [0.2, 0.25) is 0 Å². The number of likely N-dealkylation sites (tertiary alicyclic amines) is 1. The summed E-state index contributed by atoms with van der Waals surface area (Å²) < 4.78 is 16.4. The van der Waals surface area contributed by atoms with Crippen molar-refractivity contribution in [2.75, 3.05) is 20.4 Å². The fraction of sp³-hybridized carbons (Fsp3) is 0.478. The van der Waals surface area contributed by atoms with Crippen molar-refractivity contribution in [3.05, 3.63) is 53.6 Å². The van der Waals surface area contributed by atoms with Crippen molar-refractivity contribution in [1.29, 1.82) is 0 Å². The normalized spacial score (nSPS) is 26.8. The van der Waals surface area contributed by atoms with Gasteiger partial charge in [-0.3, -0.25) is 4.90 Å². The number of methoxy groups -OCH3 is 1. The minimum absolute atomic E-state index is 0.346. The van der Waals surface area contributed by atoms with Crippen LogP contribution in [-0.2, 0) is 6.54 Å². The van der Waals surface area contributed by atoms with Crippen LogP contribution in [0.5, 0.6) is 17.2 Å². The SMILES string of the molecule is COc1ccc(CN2C[C@@H](c3ccc4c(c3)OCO4)[C@@H]3CCCC[C@@H]32)cc1. The molecule has 3 aliphatic rings. The van der Waals surface area contributed by atoms with Gasteiger partial charge in [0.15, 0.2) is 11.5 Å². The molecule has 4 nitrogen and oxygen atoms in total. The van der Waals surface area contributed by atoms with Gasteiger partial charge in [0.05, 0.1) is 7.11 Å². The molecule has 1 saturated carbocycles. The highest BCUT2D eigenvalue weighted by Crippen LogP contribution is 2.47. The van der Waals surface area contributed by atoms with Crippen LogP contribution in [0.15, 0.2) is 42.5 Å². The van der Waals surface area contributed by atoms with Gasteiger partial charge in [-0.25, -0.2) is 0 Å². The van der Waals surface area contributed by atoms with E-state index in [9.17, 15) is 0 Å². The molecule has 2 aliphatic heterocycles. The fourth-order valence-corrected chi connectivity index (χ4v) is 5.23. The zero-order valence-electron chi connectivity index (χ0n) is 15.9. The summed E-state index contributed by atoms with van der Waals surface area (Å²) in [5, 5.41) is 0. The molecule has 142 valence electrons. The maximum atomic E-state index is 5.63. The molecule has 0 spiro atoms. The van der Waals surface area contributed by atoms with Crippen LogP contribution >= 0.6 is 0 Å². The van der Waals surface area contributed by atoms with Gasteiger partial charge in [0.1, 0.15) is 5.75 Å². The molecule has 2 heterocycles. The van der Waals surface area contributed by atoms with Crippen molar-refractivity contribution in [3.63, 3.8) is 0 Å². The van der Waals surface area contributed by atoms with Crippen LogP contribution < -0.4 is 14.2 Å². The number of ether oxygens (including phenoxy) is 3. The average Bonchev–Trinajstić information content (AvgIpc) is 3.33. The number of hydrogen-bond donors (Lipinski definition) is 0. The minimum Gasteiger partial charge on any atom is -0.497 e. The standard InChI is InChI=1S/C23H27NO3/c1-25-18-9-6-16(7-10-18)13-24-14-20(19-4-2-3-5-21(19)24)17-8-11-22-23(12-17)27-15-26-22/h6-12,19-21H,2-5,13-15H2,1H3/t19-,20-,21-/m0/s1. The quantitative estimate of drug-likeness (QED) is 0.793. The molecule has 2 aromatic rings. The van der Waals surface area contributed by atoms with Crippen molar-refractivity contribution >= 4 is 0 Å². The van der Waals surface area contributed by atoms with E-state index >= 15 is 0 Å². The van der Waals surface area contributed by atoms with Gasteiger partial charge in [0.25, 0.3) is 0 Å². The largest absolute Gasteiger partial charge is 0.497 e. The van der Waals surface area contributed by atoms with Crippen molar-refractivity contribution in [3.8, 4) is 17.2 Å². The highest BCUT2D eigenvalue weighted by molar-refractivity contribution is 5.46. The molecule has 2 aromatic carbocycles. The van der Waals surface area contributed by atoms with Gasteiger partial charge in [-0.05, 0) is 54.2 Å². The zero-order valence-corrected chi connectivity index (χ0v) is 15.9. The summed E-state index contributed by atoms with van der Waals surface area (Å²) in [5.74, 6) is 4.05. The Morgan fingerprint density at radius 1 is 1.00 bits per heavy atom. The molecule has 0 unspecified atom stereocenters. The highest BCUT2D eigenvalue weighted by atomic mass is 16.7. The Hall–Kier alpha value is -2.20. The lowest BCUT2D eigenvalue weighted by Gasteiger charge is -2.32. The van der Waals surface area contributed by atoms with E-state index in [1.165, 1.54) is 36.8 Å². The summed E-state index contributed by atoms with van der Waals surface area (Å²) in [4.78, 5) is 2.71. The Balaban J connectivity index is 1.38. The van der Waals surface area contributed by atoms with Gasteiger partial charge in [-0.15, -0.1) is 0 Å². The van der Waals surface area contributed by atoms with Gasteiger partial charge in [-0.2, -0.15) is 0 Å².